The molecule has 8 nitrogen and oxygen atoms in total. The van der Waals surface area contributed by atoms with Gasteiger partial charge in [0.15, 0.2) is 6.61 Å². The van der Waals surface area contributed by atoms with Crippen molar-refractivity contribution < 1.29 is 27.4 Å². The number of halogens is 3. The molecule has 2 heterocycles. The van der Waals surface area contributed by atoms with Gasteiger partial charge in [-0.05, 0) is 29.8 Å². The molecule has 0 saturated heterocycles. The summed E-state index contributed by atoms with van der Waals surface area (Å²) >= 11 is 0. The molecule has 35 heavy (non-hydrogen) atoms. The number of hydrogen-bond acceptors (Lipinski definition) is 6. The lowest BCUT2D eigenvalue weighted by atomic mass is 10.2. The van der Waals surface area contributed by atoms with E-state index in [-0.39, 0.29) is 18.3 Å². The number of ether oxygens (including phenoxy) is 2. The van der Waals surface area contributed by atoms with Crippen molar-refractivity contribution in [3.63, 3.8) is 0 Å². The van der Waals surface area contributed by atoms with Gasteiger partial charge in [-0.25, -0.2) is 0 Å². The number of nitrogens with zero attached hydrogens (tertiary/aromatic N) is 4. The third-order valence-corrected chi connectivity index (χ3v) is 5.54. The fourth-order valence-corrected chi connectivity index (χ4v) is 3.85. The molecule has 186 valence electrons. The number of rotatable bonds is 9. The highest BCUT2D eigenvalue weighted by atomic mass is 19.4. The molecule has 0 aliphatic carbocycles. The molecule has 1 aromatic heterocycles. The molecule has 0 saturated carbocycles. The lowest BCUT2D eigenvalue weighted by molar-refractivity contribution is -0.274. The van der Waals surface area contributed by atoms with E-state index in [1.807, 2.05) is 18.2 Å². The lowest BCUT2D eigenvalue weighted by Crippen LogP contribution is -2.31. The van der Waals surface area contributed by atoms with Crippen LogP contribution >= 0.6 is 0 Å². The van der Waals surface area contributed by atoms with Crippen LogP contribution in [0.1, 0.15) is 17.2 Å². The molecule has 0 radical (unpaired) electrons. The van der Waals surface area contributed by atoms with Gasteiger partial charge in [-0.3, -0.25) is 9.69 Å². The van der Waals surface area contributed by atoms with Gasteiger partial charge in [-0.1, -0.05) is 30.3 Å². The number of nitrogens with one attached hydrogen (secondary N) is 1. The van der Waals surface area contributed by atoms with Gasteiger partial charge in [-0.2, -0.15) is 0 Å². The summed E-state index contributed by atoms with van der Waals surface area (Å²) < 4.78 is 48.5. The van der Waals surface area contributed by atoms with Gasteiger partial charge in [0.05, 0.1) is 0 Å². The van der Waals surface area contributed by atoms with Crippen molar-refractivity contribution in [1.29, 1.82) is 0 Å². The Morgan fingerprint density at radius 1 is 0.971 bits per heavy atom. The highest BCUT2D eigenvalue weighted by molar-refractivity contribution is 5.77. The molecule has 1 aliphatic rings. The molecule has 3 aromatic rings. The molecule has 4 rings (SSSR count). The Bertz CT molecular complexity index is 1100. The summed E-state index contributed by atoms with van der Waals surface area (Å²) in [6.07, 6.45) is -3.44. The number of alkyl halides is 3. The number of amides is 1. The number of benzene rings is 2. The number of fused-ring (bicyclic) bond motifs is 1. The smallest absolute Gasteiger partial charge is 0.484 e. The molecule has 11 heteroatoms. The Hall–Kier alpha value is -3.60. The normalized spacial score (nSPS) is 14.1. The van der Waals surface area contributed by atoms with Gasteiger partial charge in [0.1, 0.15) is 23.1 Å². The van der Waals surface area contributed by atoms with Crippen molar-refractivity contribution in [2.75, 3.05) is 26.2 Å². The Morgan fingerprint density at radius 2 is 1.74 bits per heavy atom. The van der Waals surface area contributed by atoms with Crippen molar-refractivity contribution in [3.05, 3.63) is 71.8 Å². The molecule has 1 N–H and O–H groups in total. The van der Waals surface area contributed by atoms with Crippen LogP contribution in [0.3, 0.4) is 0 Å². The Balaban J connectivity index is 1.23. The first kappa shape index (κ1) is 24.5. The Morgan fingerprint density at radius 3 is 2.49 bits per heavy atom. The SMILES string of the molecule is O=C(COc1ccccc1)NCCc1nnc2n1CCN(Cc1ccc(OC(F)(F)F)cc1)CC2. The van der Waals surface area contributed by atoms with E-state index in [1.54, 1.807) is 24.3 Å². The van der Waals surface area contributed by atoms with E-state index < -0.39 is 6.36 Å². The van der Waals surface area contributed by atoms with Gasteiger partial charge < -0.3 is 19.4 Å². The van der Waals surface area contributed by atoms with Gasteiger partial charge in [-0.15, -0.1) is 23.4 Å². The minimum Gasteiger partial charge on any atom is -0.484 e. The summed E-state index contributed by atoms with van der Waals surface area (Å²) in [5.74, 6) is 1.89. The van der Waals surface area contributed by atoms with E-state index in [0.29, 0.717) is 38.2 Å². The predicted molar refractivity (Wildman–Crippen MR) is 121 cm³/mol. The monoisotopic (exact) mass is 489 g/mol. The Kier molecular flexibility index (Phi) is 7.86. The molecule has 0 atom stereocenters. The second-order valence-electron chi connectivity index (χ2n) is 8.10. The summed E-state index contributed by atoms with van der Waals surface area (Å²) in [4.78, 5) is 14.3. The maximum Gasteiger partial charge on any atom is 0.573 e. The minimum absolute atomic E-state index is 0.0553. The van der Waals surface area contributed by atoms with E-state index in [2.05, 4.69) is 29.7 Å². The highest BCUT2D eigenvalue weighted by Gasteiger charge is 2.31. The second-order valence-corrected chi connectivity index (χ2v) is 8.10. The van der Waals surface area contributed by atoms with Crippen LogP contribution < -0.4 is 14.8 Å². The van der Waals surface area contributed by atoms with Crippen LogP contribution in [0.4, 0.5) is 13.2 Å². The van der Waals surface area contributed by atoms with Gasteiger partial charge >= 0.3 is 6.36 Å². The number of carbonyl (C=O) groups excluding carboxylic acids is 1. The van der Waals surface area contributed by atoms with Crippen molar-refractivity contribution in [3.8, 4) is 11.5 Å². The largest absolute Gasteiger partial charge is 0.573 e. The lowest BCUT2D eigenvalue weighted by Gasteiger charge is -2.20. The molecule has 0 unspecified atom stereocenters. The molecule has 0 fully saturated rings. The second kappa shape index (κ2) is 11.2. The summed E-state index contributed by atoms with van der Waals surface area (Å²) in [6, 6.07) is 15.1. The van der Waals surface area contributed by atoms with E-state index in [9.17, 15) is 18.0 Å². The van der Waals surface area contributed by atoms with Crippen LogP contribution in [-0.4, -0.2) is 58.2 Å². The standard InChI is InChI=1S/C24H26F3N5O3/c25-24(26,27)35-20-8-6-18(7-9-20)16-31-13-11-22-30-29-21(32(22)15-14-31)10-12-28-23(33)17-34-19-4-2-1-3-5-19/h1-9H,10-17H2,(H,28,33). The van der Waals surface area contributed by atoms with Gasteiger partial charge in [0, 0.05) is 45.6 Å². The zero-order chi connectivity index (χ0) is 24.7. The number of para-hydroxylation sites is 1. The van der Waals surface area contributed by atoms with Crippen LogP contribution in [-0.2, 0) is 30.7 Å². The fraction of sp³-hybridized carbons (Fsp3) is 0.375. The van der Waals surface area contributed by atoms with Crippen LogP contribution in [0.5, 0.6) is 11.5 Å². The van der Waals surface area contributed by atoms with Crippen LogP contribution in [0.15, 0.2) is 54.6 Å². The van der Waals surface area contributed by atoms with Gasteiger partial charge in [0.2, 0.25) is 0 Å². The molecule has 1 amide bonds. The molecule has 2 aromatic carbocycles. The van der Waals surface area contributed by atoms with Crippen molar-refractivity contribution in [2.45, 2.75) is 32.3 Å². The van der Waals surface area contributed by atoms with E-state index in [0.717, 1.165) is 30.3 Å². The number of hydrogen-bond donors (Lipinski definition) is 1. The van der Waals surface area contributed by atoms with Crippen molar-refractivity contribution in [2.24, 2.45) is 0 Å². The van der Waals surface area contributed by atoms with Crippen molar-refractivity contribution >= 4 is 5.91 Å². The summed E-state index contributed by atoms with van der Waals surface area (Å²) in [6.45, 7) is 3.17. The predicted octanol–water partition coefficient (Wildman–Crippen LogP) is 2.97. The van der Waals surface area contributed by atoms with E-state index in [4.69, 9.17) is 4.74 Å². The van der Waals surface area contributed by atoms with E-state index >= 15 is 0 Å². The third-order valence-electron chi connectivity index (χ3n) is 5.54. The molecule has 1 aliphatic heterocycles. The number of carbonyl (C=O) groups is 1. The average Bonchev–Trinajstić information content (AvgIpc) is 3.10. The quantitative estimate of drug-likeness (QED) is 0.498. The fourth-order valence-electron chi connectivity index (χ4n) is 3.85. The summed E-state index contributed by atoms with van der Waals surface area (Å²) in [7, 11) is 0. The molecule has 0 spiro atoms. The van der Waals surface area contributed by atoms with E-state index in [1.165, 1.54) is 12.1 Å². The maximum absolute atomic E-state index is 12.3. The van der Waals surface area contributed by atoms with Crippen molar-refractivity contribution in [1.82, 2.24) is 25.0 Å². The van der Waals surface area contributed by atoms with Crippen LogP contribution in [0.2, 0.25) is 0 Å². The first-order valence-electron chi connectivity index (χ1n) is 11.3. The number of aromatic nitrogens is 3. The topological polar surface area (TPSA) is 81.5 Å². The Labute approximate surface area is 200 Å². The first-order valence-corrected chi connectivity index (χ1v) is 11.3. The highest BCUT2D eigenvalue weighted by Crippen LogP contribution is 2.23. The summed E-state index contributed by atoms with van der Waals surface area (Å²) in [5.41, 5.74) is 0.901. The van der Waals surface area contributed by atoms with Crippen LogP contribution in [0, 0.1) is 0 Å². The molecular formula is C24H26F3N5O3. The molecular weight excluding hydrogens is 463 g/mol. The maximum atomic E-state index is 12.3. The van der Waals surface area contributed by atoms with Gasteiger partial charge in [0.25, 0.3) is 5.91 Å². The molecule has 0 bridgehead atoms. The third kappa shape index (κ3) is 7.44. The minimum atomic E-state index is -4.70. The zero-order valence-corrected chi connectivity index (χ0v) is 19.0. The summed E-state index contributed by atoms with van der Waals surface area (Å²) in [5, 5.41) is 11.4. The zero-order valence-electron chi connectivity index (χ0n) is 19.0. The average molecular weight is 489 g/mol. The van der Waals surface area contributed by atoms with Crippen LogP contribution in [0.25, 0.3) is 0 Å². The first-order chi connectivity index (χ1) is 16.9.